The van der Waals surface area contributed by atoms with Gasteiger partial charge in [0.05, 0.1) is 0 Å². The molecule has 0 radical (unpaired) electrons. The molecule has 0 aliphatic carbocycles. The first-order valence-electron chi connectivity index (χ1n) is 6.89. The van der Waals surface area contributed by atoms with E-state index in [0.717, 1.165) is 5.56 Å². The van der Waals surface area contributed by atoms with Crippen molar-refractivity contribution < 1.29 is 8.78 Å². The maximum Gasteiger partial charge on any atom is 0.163 e. The third-order valence-corrected chi connectivity index (χ3v) is 3.38. The van der Waals surface area contributed by atoms with Gasteiger partial charge in [-0.1, -0.05) is 23.7 Å². The van der Waals surface area contributed by atoms with Crippen LogP contribution in [0.25, 0.3) is 11.4 Å². The Labute approximate surface area is 137 Å². The van der Waals surface area contributed by atoms with Crippen molar-refractivity contribution in [2.45, 2.75) is 6.54 Å². The summed E-state index contributed by atoms with van der Waals surface area (Å²) in [5.74, 6) is 0.329. The summed E-state index contributed by atoms with van der Waals surface area (Å²) in [5, 5.41) is 3.39. The highest BCUT2D eigenvalue weighted by molar-refractivity contribution is 6.29. The van der Waals surface area contributed by atoms with Crippen molar-refractivity contribution >= 4 is 17.4 Å². The molecule has 1 aromatic heterocycles. The van der Waals surface area contributed by atoms with E-state index in [0.29, 0.717) is 23.8 Å². The van der Waals surface area contributed by atoms with E-state index in [4.69, 9.17) is 11.6 Å². The van der Waals surface area contributed by atoms with Crippen LogP contribution in [0.1, 0.15) is 5.56 Å². The van der Waals surface area contributed by atoms with E-state index in [9.17, 15) is 8.78 Å². The average Bonchev–Trinajstić information content (AvgIpc) is 2.54. The summed E-state index contributed by atoms with van der Waals surface area (Å²) in [6, 6.07) is 13.6. The van der Waals surface area contributed by atoms with Gasteiger partial charge in [-0.3, -0.25) is 0 Å². The molecule has 0 atom stereocenters. The van der Waals surface area contributed by atoms with Crippen molar-refractivity contribution in [2.24, 2.45) is 0 Å². The monoisotopic (exact) mass is 331 g/mol. The van der Waals surface area contributed by atoms with Crippen LogP contribution in [-0.4, -0.2) is 9.97 Å². The van der Waals surface area contributed by atoms with Crippen LogP contribution < -0.4 is 5.32 Å². The molecule has 0 bridgehead atoms. The fraction of sp³-hybridized carbons (Fsp3) is 0.0588. The molecule has 0 unspecified atom stereocenters. The van der Waals surface area contributed by atoms with E-state index in [-0.39, 0.29) is 16.8 Å². The molecule has 3 rings (SSSR count). The molecule has 0 saturated heterocycles. The lowest BCUT2D eigenvalue weighted by Gasteiger charge is -2.08. The maximum atomic E-state index is 13.0. The van der Waals surface area contributed by atoms with Crippen molar-refractivity contribution in [2.75, 3.05) is 5.32 Å². The smallest absolute Gasteiger partial charge is 0.163 e. The van der Waals surface area contributed by atoms with Crippen LogP contribution in [0.3, 0.4) is 0 Å². The highest BCUT2D eigenvalue weighted by atomic mass is 35.5. The van der Waals surface area contributed by atoms with Crippen LogP contribution in [0.2, 0.25) is 5.15 Å². The summed E-state index contributed by atoms with van der Waals surface area (Å²) in [6.07, 6.45) is 0. The number of nitrogens with one attached hydrogen (secondary N) is 1. The molecule has 2 aromatic carbocycles. The van der Waals surface area contributed by atoms with E-state index in [1.54, 1.807) is 30.3 Å². The Bertz CT molecular complexity index is 805. The molecular formula is C17H12ClF2N3. The molecule has 6 heteroatoms. The minimum Gasteiger partial charge on any atom is -0.366 e. The predicted molar refractivity (Wildman–Crippen MR) is 86.2 cm³/mol. The van der Waals surface area contributed by atoms with Gasteiger partial charge in [-0.2, -0.15) is 0 Å². The number of rotatable bonds is 4. The standard InChI is InChI=1S/C17H12ClF2N3/c18-15-9-16(21-10-11-1-5-13(19)6-2-11)23-17(22-15)12-3-7-14(20)8-4-12/h1-9H,10H2,(H,21,22,23). The molecule has 0 fully saturated rings. The van der Waals surface area contributed by atoms with Gasteiger partial charge in [0.1, 0.15) is 22.6 Å². The Morgan fingerprint density at radius 3 is 2.13 bits per heavy atom. The molecule has 0 spiro atoms. The van der Waals surface area contributed by atoms with Gasteiger partial charge in [0.2, 0.25) is 0 Å². The van der Waals surface area contributed by atoms with E-state index in [1.807, 2.05) is 0 Å². The third kappa shape index (κ3) is 4.02. The minimum atomic E-state index is -0.328. The number of hydrogen-bond donors (Lipinski definition) is 1. The van der Waals surface area contributed by atoms with E-state index >= 15 is 0 Å². The maximum absolute atomic E-state index is 13.0. The van der Waals surface area contributed by atoms with Crippen LogP contribution in [0, 0.1) is 11.6 Å². The summed E-state index contributed by atoms with van der Waals surface area (Å²) in [5.41, 5.74) is 1.57. The molecule has 0 aliphatic heterocycles. The lowest BCUT2D eigenvalue weighted by molar-refractivity contribution is 0.627. The summed E-state index contributed by atoms with van der Waals surface area (Å²) >= 11 is 6.02. The van der Waals surface area contributed by atoms with E-state index < -0.39 is 0 Å². The van der Waals surface area contributed by atoms with Crippen LogP contribution in [-0.2, 0) is 6.54 Å². The Morgan fingerprint density at radius 2 is 1.48 bits per heavy atom. The van der Waals surface area contributed by atoms with E-state index in [2.05, 4.69) is 15.3 Å². The predicted octanol–water partition coefficient (Wildman–Crippen LogP) is 4.69. The van der Waals surface area contributed by atoms with Crippen LogP contribution in [0.4, 0.5) is 14.6 Å². The van der Waals surface area contributed by atoms with Crippen molar-refractivity contribution in [3.63, 3.8) is 0 Å². The quantitative estimate of drug-likeness (QED) is 0.705. The number of halogens is 3. The number of hydrogen-bond acceptors (Lipinski definition) is 3. The second-order valence-electron chi connectivity index (χ2n) is 4.89. The fourth-order valence-corrected chi connectivity index (χ4v) is 2.21. The molecule has 0 amide bonds. The number of aromatic nitrogens is 2. The minimum absolute atomic E-state index is 0.279. The van der Waals surface area contributed by atoms with Gasteiger partial charge in [0.15, 0.2) is 5.82 Å². The highest BCUT2D eigenvalue weighted by Crippen LogP contribution is 2.21. The SMILES string of the molecule is Fc1ccc(CNc2cc(Cl)nc(-c3ccc(F)cc3)n2)cc1. The zero-order chi connectivity index (χ0) is 16.2. The first-order valence-corrected chi connectivity index (χ1v) is 7.27. The van der Waals surface area contributed by atoms with Crippen molar-refractivity contribution in [1.29, 1.82) is 0 Å². The number of benzene rings is 2. The van der Waals surface area contributed by atoms with Crippen LogP contribution in [0.5, 0.6) is 0 Å². The normalized spacial score (nSPS) is 10.6. The van der Waals surface area contributed by atoms with Gasteiger partial charge in [0.25, 0.3) is 0 Å². The second-order valence-corrected chi connectivity index (χ2v) is 5.27. The Balaban J connectivity index is 1.80. The summed E-state index contributed by atoms with van der Waals surface area (Å²) < 4.78 is 25.9. The first-order chi connectivity index (χ1) is 11.1. The van der Waals surface area contributed by atoms with Gasteiger partial charge in [0, 0.05) is 18.2 Å². The van der Waals surface area contributed by atoms with Gasteiger partial charge in [-0.05, 0) is 42.0 Å². The average molecular weight is 332 g/mol. The Morgan fingerprint density at radius 1 is 0.870 bits per heavy atom. The molecule has 23 heavy (non-hydrogen) atoms. The number of nitrogens with zero attached hydrogens (tertiary/aromatic N) is 2. The van der Waals surface area contributed by atoms with Gasteiger partial charge in [-0.15, -0.1) is 0 Å². The fourth-order valence-electron chi connectivity index (χ4n) is 2.03. The lowest BCUT2D eigenvalue weighted by atomic mass is 10.2. The van der Waals surface area contributed by atoms with Crippen molar-refractivity contribution in [3.05, 3.63) is 76.9 Å². The van der Waals surface area contributed by atoms with Crippen molar-refractivity contribution in [3.8, 4) is 11.4 Å². The highest BCUT2D eigenvalue weighted by Gasteiger charge is 2.06. The molecule has 0 saturated carbocycles. The zero-order valence-corrected chi connectivity index (χ0v) is 12.7. The zero-order valence-electron chi connectivity index (χ0n) is 11.9. The molecule has 0 aliphatic rings. The third-order valence-electron chi connectivity index (χ3n) is 3.18. The van der Waals surface area contributed by atoms with Crippen molar-refractivity contribution in [1.82, 2.24) is 9.97 Å². The number of anilines is 1. The second kappa shape index (κ2) is 6.71. The van der Waals surface area contributed by atoms with Gasteiger partial charge >= 0.3 is 0 Å². The summed E-state index contributed by atoms with van der Waals surface area (Å²) in [4.78, 5) is 8.51. The Hall–Kier alpha value is -2.53. The molecule has 3 aromatic rings. The van der Waals surface area contributed by atoms with Crippen LogP contribution >= 0.6 is 11.6 Å². The summed E-state index contributed by atoms with van der Waals surface area (Å²) in [7, 11) is 0. The largest absolute Gasteiger partial charge is 0.366 e. The molecule has 1 heterocycles. The lowest BCUT2D eigenvalue weighted by Crippen LogP contribution is -2.03. The summed E-state index contributed by atoms with van der Waals surface area (Å²) in [6.45, 7) is 0.469. The molecule has 1 N–H and O–H groups in total. The molecule has 3 nitrogen and oxygen atoms in total. The Kier molecular flexibility index (Phi) is 4.48. The first kappa shape index (κ1) is 15.4. The molecular weight excluding hydrogens is 320 g/mol. The van der Waals surface area contributed by atoms with Gasteiger partial charge in [-0.25, -0.2) is 18.7 Å². The topological polar surface area (TPSA) is 37.8 Å². The molecule has 116 valence electrons. The van der Waals surface area contributed by atoms with Crippen LogP contribution in [0.15, 0.2) is 54.6 Å². The van der Waals surface area contributed by atoms with E-state index in [1.165, 1.54) is 24.3 Å². The van der Waals surface area contributed by atoms with Gasteiger partial charge < -0.3 is 5.32 Å².